The van der Waals surface area contributed by atoms with Gasteiger partial charge in [-0.3, -0.25) is 0 Å². The fourth-order valence-electron chi connectivity index (χ4n) is 1.94. The van der Waals surface area contributed by atoms with Crippen molar-refractivity contribution in [3.05, 3.63) is 58.1 Å². The predicted octanol–water partition coefficient (Wildman–Crippen LogP) is 4.49. The van der Waals surface area contributed by atoms with Crippen LogP contribution in [0.2, 0.25) is 0 Å². The Morgan fingerprint density at radius 1 is 1.00 bits per heavy atom. The summed E-state index contributed by atoms with van der Waals surface area (Å²) in [5.74, 6) is 0.479. The number of methoxy groups -OCH3 is 1. The largest absolute Gasteiger partial charge is 0.492 e. The monoisotopic (exact) mass is 406 g/mol. The Bertz CT molecular complexity index is 753. The van der Waals surface area contributed by atoms with Crippen LogP contribution in [0.5, 0.6) is 11.5 Å². The minimum absolute atomic E-state index is 0.342. The van der Waals surface area contributed by atoms with Crippen LogP contribution in [0.4, 0.5) is 0 Å². The SMILES string of the molecule is COC(=O)c1ccc(OC(=O)c2ccc(OCC(C)C)c(Br)c2)cc1. The second-order valence-corrected chi connectivity index (χ2v) is 6.61. The predicted molar refractivity (Wildman–Crippen MR) is 97.2 cm³/mol. The van der Waals surface area contributed by atoms with E-state index in [1.54, 1.807) is 30.3 Å². The van der Waals surface area contributed by atoms with Crippen LogP contribution in [0.25, 0.3) is 0 Å². The van der Waals surface area contributed by atoms with Gasteiger partial charge in [0.15, 0.2) is 0 Å². The summed E-state index contributed by atoms with van der Waals surface area (Å²) in [4.78, 5) is 23.6. The minimum Gasteiger partial charge on any atom is -0.492 e. The van der Waals surface area contributed by atoms with Crippen molar-refractivity contribution >= 4 is 27.9 Å². The average Bonchev–Trinajstić information content (AvgIpc) is 2.60. The molecule has 0 amide bonds. The molecule has 0 aliphatic carbocycles. The lowest BCUT2D eigenvalue weighted by Crippen LogP contribution is -2.10. The van der Waals surface area contributed by atoms with Gasteiger partial charge in [-0.2, -0.15) is 0 Å². The van der Waals surface area contributed by atoms with E-state index in [0.29, 0.717) is 39.6 Å². The normalized spacial score (nSPS) is 10.4. The minimum atomic E-state index is -0.498. The number of carbonyl (C=O) groups excluding carboxylic acids is 2. The number of hydrogen-bond acceptors (Lipinski definition) is 5. The second kappa shape index (κ2) is 8.67. The van der Waals surface area contributed by atoms with E-state index in [-0.39, 0.29) is 0 Å². The van der Waals surface area contributed by atoms with Gasteiger partial charge < -0.3 is 14.2 Å². The molecular formula is C19H19BrO5. The highest BCUT2D eigenvalue weighted by atomic mass is 79.9. The van der Waals surface area contributed by atoms with Crippen molar-refractivity contribution in [3.8, 4) is 11.5 Å². The zero-order chi connectivity index (χ0) is 18.4. The third-order valence-electron chi connectivity index (χ3n) is 3.23. The summed E-state index contributed by atoms with van der Waals surface area (Å²) in [7, 11) is 1.31. The molecule has 0 N–H and O–H groups in total. The lowest BCUT2D eigenvalue weighted by Gasteiger charge is -2.11. The Hall–Kier alpha value is -2.34. The van der Waals surface area contributed by atoms with Gasteiger partial charge in [-0.15, -0.1) is 0 Å². The number of benzene rings is 2. The standard InChI is InChI=1S/C19H19BrO5/c1-12(2)11-24-17-9-6-14(10-16(17)20)19(22)25-15-7-4-13(5-8-15)18(21)23-3/h4-10,12H,11H2,1-3H3. The molecule has 6 heteroatoms. The molecular weight excluding hydrogens is 388 g/mol. The maximum Gasteiger partial charge on any atom is 0.343 e. The van der Waals surface area contributed by atoms with Crippen LogP contribution in [0.15, 0.2) is 46.9 Å². The molecule has 5 nitrogen and oxygen atoms in total. The Balaban J connectivity index is 2.05. The molecule has 132 valence electrons. The van der Waals surface area contributed by atoms with Crippen molar-refractivity contribution in [1.29, 1.82) is 0 Å². The van der Waals surface area contributed by atoms with Gasteiger partial charge in [-0.1, -0.05) is 13.8 Å². The first-order valence-corrected chi connectivity index (χ1v) is 8.53. The van der Waals surface area contributed by atoms with Crippen LogP contribution < -0.4 is 9.47 Å². The van der Waals surface area contributed by atoms with Gasteiger partial charge in [0.05, 0.1) is 29.3 Å². The molecule has 0 saturated heterocycles. The van der Waals surface area contributed by atoms with Crippen molar-refractivity contribution in [2.75, 3.05) is 13.7 Å². The van der Waals surface area contributed by atoms with Gasteiger partial charge in [0.2, 0.25) is 0 Å². The lowest BCUT2D eigenvalue weighted by molar-refractivity contribution is 0.0600. The zero-order valence-corrected chi connectivity index (χ0v) is 15.8. The van der Waals surface area contributed by atoms with Gasteiger partial charge >= 0.3 is 11.9 Å². The van der Waals surface area contributed by atoms with Crippen LogP contribution in [-0.4, -0.2) is 25.7 Å². The van der Waals surface area contributed by atoms with Crippen molar-refractivity contribution in [2.45, 2.75) is 13.8 Å². The molecule has 25 heavy (non-hydrogen) atoms. The molecule has 0 heterocycles. The highest BCUT2D eigenvalue weighted by Gasteiger charge is 2.13. The van der Waals surface area contributed by atoms with Gasteiger partial charge in [-0.05, 0) is 64.3 Å². The van der Waals surface area contributed by atoms with Gasteiger partial charge in [0.1, 0.15) is 11.5 Å². The number of rotatable bonds is 6. The van der Waals surface area contributed by atoms with E-state index in [1.165, 1.54) is 19.2 Å². The quantitative estimate of drug-likeness (QED) is 0.522. The molecule has 0 aromatic heterocycles. The topological polar surface area (TPSA) is 61.8 Å². The van der Waals surface area contributed by atoms with Crippen LogP contribution in [0, 0.1) is 5.92 Å². The summed E-state index contributed by atoms with van der Waals surface area (Å²) in [6, 6.07) is 11.2. The third-order valence-corrected chi connectivity index (χ3v) is 3.85. The number of hydrogen-bond donors (Lipinski definition) is 0. The molecule has 2 aromatic rings. The average molecular weight is 407 g/mol. The van der Waals surface area contributed by atoms with E-state index < -0.39 is 11.9 Å². The van der Waals surface area contributed by atoms with Crippen molar-refractivity contribution < 1.29 is 23.8 Å². The summed E-state index contributed by atoms with van der Waals surface area (Å²) in [6.07, 6.45) is 0. The summed E-state index contributed by atoms with van der Waals surface area (Å²) in [6.45, 7) is 4.71. The summed E-state index contributed by atoms with van der Waals surface area (Å²) in [5.41, 5.74) is 0.775. The van der Waals surface area contributed by atoms with Crippen LogP contribution in [-0.2, 0) is 4.74 Å². The maximum absolute atomic E-state index is 12.2. The molecule has 0 unspecified atom stereocenters. The number of ether oxygens (including phenoxy) is 3. The number of carbonyl (C=O) groups is 2. The molecule has 0 fully saturated rings. The van der Waals surface area contributed by atoms with E-state index in [1.807, 2.05) is 0 Å². The molecule has 0 saturated carbocycles. The van der Waals surface area contributed by atoms with E-state index in [0.717, 1.165) is 0 Å². The molecule has 2 aromatic carbocycles. The van der Waals surface area contributed by atoms with Crippen molar-refractivity contribution in [1.82, 2.24) is 0 Å². The third kappa shape index (κ3) is 5.32. The number of esters is 2. The Morgan fingerprint density at radius 3 is 2.20 bits per heavy atom. The molecule has 0 bridgehead atoms. The fraction of sp³-hybridized carbons (Fsp3) is 0.263. The Labute approximate surface area is 155 Å². The maximum atomic E-state index is 12.2. The van der Waals surface area contributed by atoms with E-state index >= 15 is 0 Å². The van der Waals surface area contributed by atoms with Gasteiger partial charge in [0.25, 0.3) is 0 Å². The van der Waals surface area contributed by atoms with E-state index in [2.05, 4.69) is 34.5 Å². The summed E-state index contributed by atoms with van der Waals surface area (Å²) < 4.78 is 16.3. The molecule has 0 aliphatic heterocycles. The van der Waals surface area contributed by atoms with Gasteiger partial charge in [-0.25, -0.2) is 9.59 Å². The van der Waals surface area contributed by atoms with E-state index in [4.69, 9.17) is 9.47 Å². The Kier molecular flexibility index (Phi) is 6.58. The van der Waals surface area contributed by atoms with E-state index in [9.17, 15) is 9.59 Å². The summed E-state index contributed by atoms with van der Waals surface area (Å²) in [5, 5.41) is 0. The molecule has 0 spiro atoms. The number of halogens is 1. The first-order chi connectivity index (χ1) is 11.9. The van der Waals surface area contributed by atoms with Crippen LogP contribution in [0.3, 0.4) is 0 Å². The highest BCUT2D eigenvalue weighted by molar-refractivity contribution is 9.10. The Morgan fingerprint density at radius 2 is 1.64 bits per heavy atom. The fourth-order valence-corrected chi connectivity index (χ4v) is 2.44. The van der Waals surface area contributed by atoms with Crippen molar-refractivity contribution in [2.24, 2.45) is 5.92 Å². The molecule has 0 atom stereocenters. The molecule has 0 radical (unpaired) electrons. The smallest absolute Gasteiger partial charge is 0.343 e. The first-order valence-electron chi connectivity index (χ1n) is 7.73. The van der Waals surface area contributed by atoms with Crippen LogP contribution >= 0.6 is 15.9 Å². The summed E-state index contributed by atoms with van der Waals surface area (Å²) >= 11 is 3.40. The van der Waals surface area contributed by atoms with Gasteiger partial charge in [0, 0.05) is 0 Å². The molecule has 2 rings (SSSR count). The van der Waals surface area contributed by atoms with Crippen molar-refractivity contribution in [3.63, 3.8) is 0 Å². The lowest BCUT2D eigenvalue weighted by atomic mass is 10.2. The molecule has 0 aliphatic rings. The van der Waals surface area contributed by atoms with Crippen LogP contribution in [0.1, 0.15) is 34.6 Å². The highest BCUT2D eigenvalue weighted by Crippen LogP contribution is 2.27. The second-order valence-electron chi connectivity index (χ2n) is 5.76. The first kappa shape index (κ1) is 19.0. The zero-order valence-electron chi connectivity index (χ0n) is 14.2.